The SMILES string of the molecule is COC(=O)[C@H](Cc1ccc(O[Si](C)(C)C(C)(C)C)cc1)NC(=O)c1ccc2ccccc2n1. The predicted octanol–water partition coefficient (Wildman–Crippen LogP) is 5.13. The second kappa shape index (κ2) is 9.75. The molecule has 1 atom stereocenters. The number of amides is 1. The lowest BCUT2D eigenvalue weighted by molar-refractivity contribution is -0.142. The molecule has 0 bridgehead atoms. The zero-order valence-corrected chi connectivity index (χ0v) is 21.1. The molecule has 1 amide bonds. The van der Waals surface area contributed by atoms with Crippen molar-refractivity contribution in [3.05, 3.63) is 71.9 Å². The topological polar surface area (TPSA) is 77.5 Å². The van der Waals surface area contributed by atoms with Gasteiger partial charge in [0.2, 0.25) is 8.32 Å². The van der Waals surface area contributed by atoms with Gasteiger partial charge in [-0.1, -0.05) is 57.2 Å². The molecule has 0 radical (unpaired) electrons. The molecule has 0 unspecified atom stereocenters. The fourth-order valence-electron chi connectivity index (χ4n) is 3.14. The van der Waals surface area contributed by atoms with E-state index in [4.69, 9.17) is 9.16 Å². The van der Waals surface area contributed by atoms with Gasteiger partial charge in [0.1, 0.15) is 17.5 Å². The molecule has 0 aliphatic carbocycles. The molecule has 0 spiro atoms. The van der Waals surface area contributed by atoms with Crippen molar-refractivity contribution in [2.75, 3.05) is 7.11 Å². The maximum absolute atomic E-state index is 12.8. The molecule has 1 N–H and O–H groups in total. The summed E-state index contributed by atoms with van der Waals surface area (Å²) >= 11 is 0. The van der Waals surface area contributed by atoms with Crippen molar-refractivity contribution in [1.82, 2.24) is 10.3 Å². The van der Waals surface area contributed by atoms with Crippen molar-refractivity contribution >= 4 is 31.1 Å². The highest BCUT2D eigenvalue weighted by Crippen LogP contribution is 2.37. The number of hydrogen-bond acceptors (Lipinski definition) is 5. The normalized spacial score (nSPS) is 12.8. The first kappa shape index (κ1) is 24.4. The lowest BCUT2D eigenvalue weighted by Gasteiger charge is -2.36. The largest absolute Gasteiger partial charge is 0.544 e. The van der Waals surface area contributed by atoms with E-state index in [2.05, 4.69) is 44.2 Å². The summed E-state index contributed by atoms with van der Waals surface area (Å²) in [5, 5.41) is 3.81. The second-order valence-electron chi connectivity index (χ2n) is 9.65. The highest BCUT2D eigenvalue weighted by Gasteiger charge is 2.38. The third kappa shape index (κ3) is 5.99. The Morgan fingerprint density at radius 2 is 1.67 bits per heavy atom. The van der Waals surface area contributed by atoms with Gasteiger partial charge in [0.05, 0.1) is 12.6 Å². The smallest absolute Gasteiger partial charge is 0.328 e. The van der Waals surface area contributed by atoms with E-state index >= 15 is 0 Å². The van der Waals surface area contributed by atoms with Gasteiger partial charge in [-0.3, -0.25) is 4.79 Å². The summed E-state index contributed by atoms with van der Waals surface area (Å²) in [5.41, 5.74) is 1.86. The van der Waals surface area contributed by atoms with Gasteiger partial charge in [-0.25, -0.2) is 9.78 Å². The third-order valence-electron chi connectivity index (χ3n) is 6.16. The number of rotatable bonds is 7. The number of fused-ring (bicyclic) bond motifs is 1. The van der Waals surface area contributed by atoms with Crippen LogP contribution in [0.5, 0.6) is 5.75 Å². The van der Waals surface area contributed by atoms with Crippen LogP contribution in [-0.4, -0.2) is 38.3 Å². The van der Waals surface area contributed by atoms with Gasteiger partial charge in [-0.2, -0.15) is 0 Å². The third-order valence-corrected chi connectivity index (χ3v) is 10.5. The number of hydrogen-bond donors (Lipinski definition) is 1. The number of methoxy groups -OCH3 is 1. The molecule has 0 aliphatic heterocycles. The molecule has 2 aromatic carbocycles. The molecule has 1 heterocycles. The number of benzene rings is 2. The van der Waals surface area contributed by atoms with Crippen LogP contribution in [0.2, 0.25) is 18.1 Å². The van der Waals surface area contributed by atoms with Gasteiger partial charge < -0.3 is 14.5 Å². The standard InChI is InChI=1S/C26H32N2O4Si/c1-26(2,3)33(5,6)32-20-14-11-18(12-15-20)17-23(25(30)31-4)28-24(29)22-16-13-19-9-7-8-10-21(19)27-22/h7-16,23H,17H2,1-6H3,(H,28,29)/t23-/m0/s1. The van der Waals surface area contributed by atoms with Gasteiger partial charge in [-0.05, 0) is 48.0 Å². The Labute approximate surface area is 196 Å². The number of nitrogens with one attached hydrogen (secondary N) is 1. The average molecular weight is 465 g/mol. The molecule has 0 saturated carbocycles. The highest BCUT2D eigenvalue weighted by atomic mass is 28.4. The Bertz CT molecular complexity index is 1140. The summed E-state index contributed by atoms with van der Waals surface area (Å²) in [4.78, 5) is 29.6. The number of pyridine rings is 1. The van der Waals surface area contributed by atoms with Crippen molar-refractivity contribution in [3.63, 3.8) is 0 Å². The zero-order valence-electron chi connectivity index (χ0n) is 20.1. The van der Waals surface area contributed by atoms with Gasteiger partial charge >= 0.3 is 5.97 Å². The van der Waals surface area contributed by atoms with Crippen LogP contribution >= 0.6 is 0 Å². The maximum Gasteiger partial charge on any atom is 0.328 e. The van der Waals surface area contributed by atoms with E-state index in [1.165, 1.54) is 7.11 Å². The summed E-state index contributed by atoms with van der Waals surface area (Å²) in [7, 11) is -0.624. The van der Waals surface area contributed by atoms with Gasteiger partial charge in [-0.15, -0.1) is 0 Å². The lowest BCUT2D eigenvalue weighted by Crippen LogP contribution is -2.44. The monoisotopic (exact) mass is 464 g/mol. The first-order chi connectivity index (χ1) is 15.5. The van der Waals surface area contributed by atoms with Gasteiger partial charge in [0, 0.05) is 11.8 Å². The summed E-state index contributed by atoms with van der Waals surface area (Å²) in [5.74, 6) is -0.121. The minimum atomic E-state index is -1.94. The molecule has 3 rings (SSSR count). The number of para-hydroxylation sites is 1. The first-order valence-electron chi connectivity index (χ1n) is 11.0. The Hall–Kier alpha value is -3.19. The average Bonchev–Trinajstić information content (AvgIpc) is 2.78. The van der Waals surface area contributed by atoms with Crippen LogP contribution in [0.1, 0.15) is 36.8 Å². The van der Waals surface area contributed by atoms with E-state index in [1.54, 1.807) is 6.07 Å². The summed E-state index contributed by atoms with van der Waals surface area (Å²) in [6.07, 6.45) is 0.298. The summed E-state index contributed by atoms with van der Waals surface area (Å²) in [6.45, 7) is 11.0. The minimum absolute atomic E-state index is 0.0999. The number of ether oxygens (including phenoxy) is 1. The van der Waals surface area contributed by atoms with Crippen molar-refractivity contribution in [2.45, 2.75) is 51.4 Å². The highest BCUT2D eigenvalue weighted by molar-refractivity contribution is 6.74. The molecule has 0 aliphatic rings. The fraction of sp³-hybridized carbons (Fsp3) is 0.346. The maximum atomic E-state index is 12.8. The van der Waals surface area contributed by atoms with Crippen LogP contribution in [-0.2, 0) is 16.0 Å². The van der Waals surface area contributed by atoms with Crippen LogP contribution in [0.4, 0.5) is 0 Å². The van der Waals surface area contributed by atoms with Crippen LogP contribution < -0.4 is 9.74 Å². The Balaban J connectivity index is 1.72. The molecule has 33 heavy (non-hydrogen) atoms. The number of aromatic nitrogens is 1. The van der Waals surface area contributed by atoms with Crippen LogP contribution in [0, 0.1) is 0 Å². The van der Waals surface area contributed by atoms with E-state index < -0.39 is 26.2 Å². The zero-order chi connectivity index (χ0) is 24.2. The Morgan fingerprint density at radius 1 is 1.00 bits per heavy atom. The first-order valence-corrected chi connectivity index (χ1v) is 13.9. The van der Waals surface area contributed by atoms with E-state index in [0.29, 0.717) is 6.42 Å². The fourth-order valence-corrected chi connectivity index (χ4v) is 4.17. The van der Waals surface area contributed by atoms with E-state index in [1.807, 2.05) is 54.6 Å². The van der Waals surface area contributed by atoms with E-state index in [0.717, 1.165) is 22.2 Å². The Kier molecular flexibility index (Phi) is 7.22. The summed E-state index contributed by atoms with van der Waals surface area (Å²) < 4.78 is 11.2. The minimum Gasteiger partial charge on any atom is -0.544 e. The molecule has 3 aromatic rings. The van der Waals surface area contributed by atoms with Gasteiger partial charge in [0.15, 0.2) is 0 Å². The van der Waals surface area contributed by atoms with Crippen molar-refractivity contribution in [2.24, 2.45) is 0 Å². The van der Waals surface area contributed by atoms with Crippen molar-refractivity contribution in [1.29, 1.82) is 0 Å². The Morgan fingerprint density at radius 3 is 2.30 bits per heavy atom. The number of esters is 1. The molecular formula is C26H32N2O4Si. The van der Waals surface area contributed by atoms with Gasteiger partial charge in [0.25, 0.3) is 5.91 Å². The van der Waals surface area contributed by atoms with Crippen molar-refractivity contribution < 1.29 is 18.8 Å². The predicted molar refractivity (Wildman–Crippen MR) is 133 cm³/mol. The molecule has 7 heteroatoms. The molecule has 6 nitrogen and oxygen atoms in total. The lowest BCUT2D eigenvalue weighted by atomic mass is 10.1. The molecule has 0 fully saturated rings. The number of carbonyl (C=O) groups excluding carboxylic acids is 2. The van der Waals surface area contributed by atoms with Crippen LogP contribution in [0.25, 0.3) is 10.9 Å². The second-order valence-corrected chi connectivity index (χ2v) is 14.4. The van der Waals surface area contributed by atoms with Crippen LogP contribution in [0.15, 0.2) is 60.7 Å². The van der Waals surface area contributed by atoms with Crippen molar-refractivity contribution in [3.8, 4) is 5.75 Å². The molecule has 1 aromatic heterocycles. The van der Waals surface area contributed by atoms with E-state index in [9.17, 15) is 9.59 Å². The molecule has 174 valence electrons. The number of nitrogens with zero attached hydrogens (tertiary/aromatic N) is 1. The quantitative estimate of drug-likeness (QED) is 0.387. The molecule has 0 saturated heterocycles. The molecular weight excluding hydrogens is 432 g/mol. The number of carbonyl (C=O) groups is 2. The summed E-state index contributed by atoms with van der Waals surface area (Å²) in [6, 6.07) is 17.9. The van der Waals surface area contributed by atoms with E-state index in [-0.39, 0.29) is 10.7 Å². The van der Waals surface area contributed by atoms with Crippen LogP contribution in [0.3, 0.4) is 0 Å².